The minimum atomic E-state index is -3.77. The highest BCUT2D eigenvalue weighted by molar-refractivity contribution is 7.89. The Hall–Kier alpha value is -1.75. The molecule has 0 bridgehead atoms. The Labute approximate surface area is 126 Å². The first-order valence-electron chi connectivity index (χ1n) is 6.08. The van der Waals surface area contributed by atoms with Crippen molar-refractivity contribution in [2.45, 2.75) is 25.3 Å². The van der Waals surface area contributed by atoms with E-state index in [2.05, 4.69) is 4.72 Å². The van der Waals surface area contributed by atoms with Crippen LogP contribution in [0.25, 0.3) is 0 Å². The fourth-order valence-corrected chi connectivity index (χ4v) is 3.86. The lowest BCUT2D eigenvalue weighted by Gasteiger charge is -2.06. The fourth-order valence-electron chi connectivity index (χ4n) is 1.74. The molecule has 21 heavy (non-hydrogen) atoms. The molecule has 0 atom stereocenters. The Kier molecular flexibility index (Phi) is 4.42. The Morgan fingerprint density at radius 1 is 1.33 bits per heavy atom. The number of aryl methyl sites for hydroxylation is 2. The molecule has 0 aliphatic heterocycles. The molecule has 0 saturated heterocycles. The average molecular weight is 324 g/mol. The standard InChI is InChI=1S/C14H13FN2O2S2/c1-9-5-12(20-10(9)2)8-17-21(18,19)13-3-4-14(15)11(6-13)7-16/h3-6,17H,8H2,1-2H3. The van der Waals surface area contributed by atoms with Crippen molar-refractivity contribution >= 4 is 21.4 Å². The first-order chi connectivity index (χ1) is 9.83. The molecule has 0 unspecified atom stereocenters. The molecular weight excluding hydrogens is 311 g/mol. The second-order valence-corrected chi connectivity index (χ2v) is 7.64. The number of rotatable bonds is 4. The first kappa shape index (κ1) is 15.6. The van der Waals surface area contributed by atoms with Crippen LogP contribution in [-0.4, -0.2) is 8.42 Å². The predicted molar refractivity (Wildman–Crippen MR) is 78.9 cm³/mol. The second-order valence-electron chi connectivity index (χ2n) is 4.53. The van der Waals surface area contributed by atoms with Gasteiger partial charge in [-0.05, 0) is 43.7 Å². The van der Waals surface area contributed by atoms with Gasteiger partial charge in [-0.1, -0.05) is 0 Å². The Bertz CT molecular complexity index is 800. The van der Waals surface area contributed by atoms with Crippen LogP contribution < -0.4 is 4.72 Å². The van der Waals surface area contributed by atoms with Crippen LogP contribution in [0.4, 0.5) is 4.39 Å². The number of halogens is 1. The number of nitrogens with zero attached hydrogens (tertiary/aromatic N) is 1. The molecule has 4 nitrogen and oxygen atoms in total. The van der Waals surface area contributed by atoms with E-state index in [-0.39, 0.29) is 17.0 Å². The van der Waals surface area contributed by atoms with Gasteiger partial charge >= 0.3 is 0 Å². The molecule has 0 spiro atoms. The molecule has 0 saturated carbocycles. The van der Waals surface area contributed by atoms with E-state index >= 15 is 0 Å². The SMILES string of the molecule is Cc1cc(CNS(=O)(=O)c2ccc(F)c(C#N)c2)sc1C. The van der Waals surface area contributed by atoms with Crippen molar-refractivity contribution in [3.8, 4) is 6.07 Å². The Morgan fingerprint density at radius 2 is 2.05 bits per heavy atom. The van der Waals surface area contributed by atoms with E-state index in [4.69, 9.17) is 5.26 Å². The van der Waals surface area contributed by atoms with Gasteiger partial charge in [0.1, 0.15) is 11.9 Å². The van der Waals surface area contributed by atoms with E-state index in [0.29, 0.717) is 0 Å². The fraction of sp³-hybridized carbons (Fsp3) is 0.214. The van der Waals surface area contributed by atoms with Gasteiger partial charge in [-0.15, -0.1) is 11.3 Å². The first-order valence-corrected chi connectivity index (χ1v) is 8.38. The molecule has 1 heterocycles. The lowest BCUT2D eigenvalue weighted by Crippen LogP contribution is -2.23. The van der Waals surface area contributed by atoms with Crippen molar-refractivity contribution in [1.82, 2.24) is 4.72 Å². The Morgan fingerprint density at radius 3 is 2.62 bits per heavy atom. The lowest BCUT2D eigenvalue weighted by molar-refractivity contribution is 0.580. The molecule has 0 radical (unpaired) electrons. The normalized spacial score (nSPS) is 11.3. The summed E-state index contributed by atoms with van der Waals surface area (Å²) in [6, 6.07) is 6.70. The number of benzene rings is 1. The van der Waals surface area contributed by atoms with Gasteiger partial charge in [0, 0.05) is 16.3 Å². The van der Waals surface area contributed by atoms with Crippen LogP contribution in [0.3, 0.4) is 0 Å². The molecule has 110 valence electrons. The monoisotopic (exact) mass is 324 g/mol. The number of sulfonamides is 1. The number of nitriles is 1. The summed E-state index contributed by atoms with van der Waals surface area (Å²) in [7, 11) is -3.77. The van der Waals surface area contributed by atoms with Gasteiger partial charge in [0.2, 0.25) is 10.0 Å². The maximum Gasteiger partial charge on any atom is 0.240 e. The molecule has 0 amide bonds. The quantitative estimate of drug-likeness (QED) is 0.940. The number of hydrogen-bond acceptors (Lipinski definition) is 4. The van der Waals surface area contributed by atoms with Crippen LogP contribution in [0.2, 0.25) is 0 Å². The number of nitrogens with one attached hydrogen (secondary N) is 1. The average Bonchev–Trinajstić information content (AvgIpc) is 2.76. The molecule has 7 heteroatoms. The van der Waals surface area contributed by atoms with E-state index in [1.54, 1.807) is 6.07 Å². The topological polar surface area (TPSA) is 70.0 Å². The summed E-state index contributed by atoms with van der Waals surface area (Å²) in [5.74, 6) is -0.735. The highest BCUT2D eigenvalue weighted by Gasteiger charge is 2.16. The molecule has 0 fully saturated rings. The van der Waals surface area contributed by atoms with E-state index in [9.17, 15) is 12.8 Å². The minimum absolute atomic E-state index is 0.120. The van der Waals surface area contributed by atoms with Crippen LogP contribution in [0.1, 0.15) is 20.9 Å². The number of hydrogen-bond donors (Lipinski definition) is 1. The zero-order chi connectivity index (χ0) is 15.6. The van der Waals surface area contributed by atoms with Crippen molar-refractivity contribution in [3.63, 3.8) is 0 Å². The van der Waals surface area contributed by atoms with Crippen LogP contribution in [0, 0.1) is 31.0 Å². The van der Waals surface area contributed by atoms with Crippen LogP contribution in [0.15, 0.2) is 29.2 Å². The van der Waals surface area contributed by atoms with Gasteiger partial charge in [0.15, 0.2) is 0 Å². The summed E-state index contributed by atoms with van der Waals surface area (Å²) < 4.78 is 40.0. The molecule has 1 aromatic carbocycles. The summed E-state index contributed by atoms with van der Waals surface area (Å²) in [5, 5.41) is 8.75. The third-order valence-corrected chi connectivity index (χ3v) is 5.57. The van der Waals surface area contributed by atoms with Crippen LogP contribution >= 0.6 is 11.3 Å². The van der Waals surface area contributed by atoms with Crippen molar-refractivity contribution in [2.24, 2.45) is 0 Å². The molecule has 1 N–H and O–H groups in total. The molecule has 0 aliphatic rings. The lowest BCUT2D eigenvalue weighted by atomic mass is 10.2. The zero-order valence-corrected chi connectivity index (χ0v) is 13.1. The summed E-state index contributed by atoms with van der Waals surface area (Å²) in [6.45, 7) is 4.10. The third kappa shape index (κ3) is 3.47. The summed E-state index contributed by atoms with van der Waals surface area (Å²) in [5.41, 5.74) is 0.823. The van der Waals surface area contributed by atoms with Crippen molar-refractivity contribution < 1.29 is 12.8 Å². The summed E-state index contributed by atoms with van der Waals surface area (Å²) in [4.78, 5) is 1.92. The van der Waals surface area contributed by atoms with Gasteiger partial charge in [0.25, 0.3) is 0 Å². The predicted octanol–water partition coefficient (Wildman–Crippen LogP) is 2.85. The van der Waals surface area contributed by atoms with Crippen molar-refractivity contribution in [3.05, 3.63) is 51.0 Å². The summed E-state index contributed by atoms with van der Waals surface area (Å²) in [6.07, 6.45) is 0. The maximum atomic E-state index is 13.2. The Balaban J connectivity index is 2.21. The third-order valence-electron chi connectivity index (χ3n) is 3.02. The van der Waals surface area contributed by atoms with Crippen molar-refractivity contribution in [2.75, 3.05) is 0 Å². The van der Waals surface area contributed by atoms with Gasteiger partial charge in [-0.3, -0.25) is 0 Å². The smallest absolute Gasteiger partial charge is 0.207 e. The van der Waals surface area contributed by atoms with Crippen LogP contribution in [-0.2, 0) is 16.6 Å². The molecular formula is C14H13FN2O2S2. The maximum absolute atomic E-state index is 13.2. The largest absolute Gasteiger partial charge is 0.240 e. The van der Waals surface area contributed by atoms with E-state index in [0.717, 1.165) is 33.5 Å². The second kappa shape index (κ2) is 5.93. The van der Waals surface area contributed by atoms with Gasteiger partial charge in [0.05, 0.1) is 10.5 Å². The number of thiophene rings is 1. The van der Waals surface area contributed by atoms with E-state index in [1.165, 1.54) is 11.3 Å². The van der Waals surface area contributed by atoms with Gasteiger partial charge in [-0.2, -0.15) is 5.26 Å². The van der Waals surface area contributed by atoms with Gasteiger partial charge < -0.3 is 0 Å². The minimum Gasteiger partial charge on any atom is -0.207 e. The highest BCUT2D eigenvalue weighted by Crippen LogP contribution is 2.21. The van der Waals surface area contributed by atoms with Gasteiger partial charge in [-0.25, -0.2) is 17.5 Å². The van der Waals surface area contributed by atoms with Crippen molar-refractivity contribution in [1.29, 1.82) is 5.26 Å². The van der Waals surface area contributed by atoms with E-state index in [1.807, 2.05) is 19.9 Å². The highest BCUT2D eigenvalue weighted by atomic mass is 32.2. The molecule has 0 aliphatic carbocycles. The molecule has 2 rings (SSSR count). The van der Waals surface area contributed by atoms with E-state index < -0.39 is 15.8 Å². The molecule has 1 aromatic heterocycles. The summed E-state index contributed by atoms with van der Waals surface area (Å²) >= 11 is 1.52. The zero-order valence-electron chi connectivity index (χ0n) is 11.5. The molecule has 2 aromatic rings. The van der Waals surface area contributed by atoms with Crippen LogP contribution in [0.5, 0.6) is 0 Å².